The molecule has 0 amide bonds. The first kappa shape index (κ1) is 32.4. The minimum absolute atomic E-state index is 0. The van der Waals surface area contributed by atoms with E-state index >= 15 is 0 Å². The third-order valence-corrected chi connectivity index (χ3v) is 2.60. The normalized spacial score (nSPS) is 9.47. The summed E-state index contributed by atoms with van der Waals surface area (Å²) in [4.78, 5) is 0. The zero-order valence-corrected chi connectivity index (χ0v) is 19.0. The molecule has 0 saturated carbocycles. The average molecular weight is 411 g/mol. The minimum Gasteiger partial charge on any atom is -0.792 e. The Hall–Kier alpha value is 1.50. The Balaban J connectivity index is -0.0000000476. The first-order chi connectivity index (χ1) is 7.95. The molecule has 0 rings (SSSR count). The van der Waals surface area contributed by atoms with E-state index in [1.54, 1.807) is 0 Å². The van der Waals surface area contributed by atoms with E-state index in [1.165, 1.54) is 0 Å². The summed E-state index contributed by atoms with van der Waals surface area (Å²) in [5, 5.41) is 0. The second-order valence-corrected chi connectivity index (χ2v) is 6.99. The summed E-state index contributed by atoms with van der Waals surface area (Å²) >= 11 is 9.58. The first-order valence-corrected chi connectivity index (χ1v) is 7.85. The van der Waals surface area contributed by atoms with Gasteiger partial charge in [0.2, 0.25) is 0 Å². The fraction of sp³-hybridized carbons (Fsp3) is 0.875. The van der Waals surface area contributed by atoms with Gasteiger partial charge < -0.3 is 25.3 Å². The quantitative estimate of drug-likeness (QED) is 0.395. The summed E-state index contributed by atoms with van der Waals surface area (Å²) in [6, 6.07) is 0. The van der Waals surface area contributed by atoms with E-state index in [2.05, 4.69) is 55.4 Å². The molecule has 0 fully saturated rings. The van der Waals surface area contributed by atoms with E-state index < -0.39 is 0 Å². The Morgan fingerprint density at radius 2 is 0.737 bits per heavy atom. The van der Waals surface area contributed by atoms with Crippen LogP contribution in [0.15, 0.2) is 0 Å². The molecule has 0 aliphatic carbocycles. The van der Waals surface area contributed by atoms with Crippen molar-refractivity contribution in [2.75, 3.05) is 11.5 Å². The molecule has 0 aromatic heterocycles. The summed E-state index contributed by atoms with van der Waals surface area (Å²) in [6.07, 6.45) is 2.00. The van der Waals surface area contributed by atoms with Crippen LogP contribution in [-0.4, -0.2) is 35.4 Å². The molecule has 116 valence electrons. The fourth-order valence-corrected chi connectivity index (χ4v) is 0. The second-order valence-electron chi connectivity index (χ2n) is 6.41. The summed E-state index contributed by atoms with van der Waals surface area (Å²) in [6.45, 7) is 23.8. The van der Waals surface area contributed by atoms with Crippen LogP contribution in [0.2, 0.25) is 0 Å². The van der Waals surface area contributed by atoms with Crippen LogP contribution >= 0.6 is 0 Å². The van der Waals surface area contributed by atoms with Crippen molar-refractivity contribution in [3.63, 3.8) is 0 Å². The van der Waals surface area contributed by atoms with Gasteiger partial charge in [0.05, 0.1) is 0 Å². The molecular formula is C16H36S2Sn. The van der Waals surface area contributed by atoms with Gasteiger partial charge in [-0.3, -0.25) is 0 Å². The van der Waals surface area contributed by atoms with Crippen molar-refractivity contribution >= 4 is 49.2 Å². The maximum atomic E-state index is 4.79. The van der Waals surface area contributed by atoms with E-state index in [-0.39, 0.29) is 23.9 Å². The predicted molar refractivity (Wildman–Crippen MR) is 100 cm³/mol. The molecule has 0 aromatic rings. The van der Waals surface area contributed by atoms with E-state index in [9.17, 15) is 0 Å². The monoisotopic (exact) mass is 412 g/mol. The maximum absolute atomic E-state index is 4.79. The number of hydrogen-bond acceptors (Lipinski definition) is 2. The van der Waals surface area contributed by atoms with Crippen molar-refractivity contribution in [1.82, 2.24) is 0 Å². The van der Waals surface area contributed by atoms with E-state index in [0.717, 1.165) is 24.3 Å². The van der Waals surface area contributed by atoms with Crippen molar-refractivity contribution in [2.45, 2.75) is 68.2 Å². The smallest absolute Gasteiger partial charge is 0.792 e. The van der Waals surface area contributed by atoms with Crippen molar-refractivity contribution < 1.29 is 0 Å². The van der Waals surface area contributed by atoms with Crippen LogP contribution < -0.4 is 0 Å². The van der Waals surface area contributed by atoms with Gasteiger partial charge in [0.25, 0.3) is 0 Å². The minimum atomic E-state index is 0. The third kappa shape index (κ3) is 106. The van der Waals surface area contributed by atoms with Gasteiger partial charge in [-0.15, -0.1) is 0 Å². The summed E-state index contributed by atoms with van der Waals surface area (Å²) in [5.74, 6) is 1.71. The second kappa shape index (κ2) is 21.8. The topological polar surface area (TPSA) is 0 Å². The van der Waals surface area contributed by atoms with Gasteiger partial charge in [0, 0.05) is 0 Å². The molecule has 0 heterocycles. The summed E-state index contributed by atoms with van der Waals surface area (Å²) < 4.78 is 0. The van der Waals surface area contributed by atoms with Crippen molar-refractivity contribution in [1.29, 1.82) is 0 Å². The van der Waals surface area contributed by atoms with Gasteiger partial charge in [-0.1, -0.05) is 92.9 Å². The van der Waals surface area contributed by atoms with Crippen LogP contribution in [0.25, 0.3) is 0 Å². The van der Waals surface area contributed by atoms with Crippen LogP contribution in [0.1, 0.15) is 68.2 Å². The molecule has 0 nitrogen and oxygen atoms in total. The molecule has 3 heteroatoms. The SMILES string of the molecule is CC(C)(C)C[S-].CC(C)(C)C[S-].[CH2]CC.[CH2]CC.[Sn+2]. The molecule has 0 aliphatic heterocycles. The van der Waals surface area contributed by atoms with Gasteiger partial charge in [0.15, 0.2) is 0 Å². The van der Waals surface area contributed by atoms with Gasteiger partial charge in [0.1, 0.15) is 0 Å². The van der Waals surface area contributed by atoms with Crippen molar-refractivity contribution in [3.05, 3.63) is 13.8 Å². The predicted octanol–water partition coefficient (Wildman–Crippen LogP) is 5.24. The molecule has 4 radical (unpaired) electrons. The van der Waals surface area contributed by atoms with Gasteiger partial charge in [-0.2, -0.15) is 11.5 Å². The van der Waals surface area contributed by atoms with Crippen molar-refractivity contribution in [2.24, 2.45) is 10.8 Å². The molecule has 0 aliphatic rings. The fourth-order valence-electron chi connectivity index (χ4n) is 0. The molecule has 0 aromatic carbocycles. The van der Waals surface area contributed by atoms with Crippen molar-refractivity contribution in [3.8, 4) is 0 Å². The zero-order chi connectivity index (χ0) is 15.8. The maximum Gasteiger partial charge on any atom is 2.00 e. The Morgan fingerprint density at radius 3 is 0.737 bits per heavy atom. The number of hydrogen-bond donors (Lipinski definition) is 0. The Bertz CT molecular complexity index is 108. The Labute approximate surface area is 153 Å². The van der Waals surface area contributed by atoms with Crippen LogP contribution in [0.3, 0.4) is 0 Å². The van der Waals surface area contributed by atoms with Gasteiger partial charge in [-0.25, -0.2) is 0 Å². The van der Waals surface area contributed by atoms with Crippen LogP contribution in [-0.2, 0) is 25.3 Å². The molecular weight excluding hydrogens is 375 g/mol. The largest absolute Gasteiger partial charge is 2.00 e. The molecule has 0 spiro atoms. The van der Waals surface area contributed by atoms with Crippen LogP contribution in [0, 0.1) is 24.7 Å². The molecule has 19 heavy (non-hydrogen) atoms. The first-order valence-electron chi connectivity index (χ1n) is 6.70. The van der Waals surface area contributed by atoms with Crippen LogP contribution in [0.5, 0.6) is 0 Å². The van der Waals surface area contributed by atoms with E-state index in [0.29, 0.717) is 10.8 Å². The Morgan fingerprint density at radius 1 is 0.684 bits per heavy atom. The zero-order valence-electron chi connectivity index (χ0n) is 14.6. The summed E-state index contributed by atoms with van der Waals surface area (Å²) in [5.41, 5.74) is 0.713. The molecule has 0 atom stereocenters. The molecule has 0 N–H and O–H groups in total. The standard InChI is InChI=1S/2C5H12S.2C3H7.Sn/c2*1-5(2,3)4-6;2*1-3-2;/h2*6H,4H2,1-3H3;2*1,3H2,2H3;/q;;;;+2/p-2. The van der Waals surface area contributed by atoms with Crippen LogP contribution in [0.4, 0.5) is 0 Å². The van der Waals surface area contributed by atoms with E-state index in [1.807, 2.05) is 13.8 Å². The number of rotatable bonds is 0. The average Bonchev–Trinajstić information content (AvgIpc) is 2.19. The Kier molecular flexibility index (Phi) is 37.2. The molecule has 0 saturated heterocycles. The molecule has 0 bridgehead atoms. The third-order valence-electron chi connectivity index (χ3n) is 0.866. The van der Waals surface area contributed by atoms with Gasteiger partial charge in [-0.05, 0) is 0 Å². The van der Waals surface area contributed by atoms with E-state index in [4.69, 9.17) is 25.3 Å². The molecule has 0 unspecified atom stereocenters. The summed E-state index contributed by atoms with van der Waals surface area (Å²) in [7, 11) is 0. The van der Waals surface area contributed by atoms with Gasteiger partial charge >= 0.3 is 23.9 Å².